The van der Waals surface area contributed by atoms with Crippen molar-refractivity contribution in [2.45, 2.75) is 19.0 Å². The Kier molecular flexibility index (Phi) is 5.71. The van der Waals surface area contributed by atoms with Gasteiger partial charge in [-0.25, -0.2) is 9.18 Å². The molecule has 1 aromatic heterocycles. The largest absolute Gasteiger partial charge is 0.419 e. The Morgan fingerprint density at radius 3 is 2.59 bits per heavy atom. The number of nitrogens with zero attached hydrogens (tertiary/aromatic N) is 2. The van der Waals surface area contributed by atoms with Gasteiger partial charge in [-0.2, -0.15) is 0 Å². The van der Waals surface area contributed by atoms with Crippen LogP contribution in [0.3, 0.4) is 0 Å². The van der Waals surface area contributed by atoms with E-state index >= 15 is 0 Å². The Morgan fingerprint density at radius 1 is 1.19 bits per heavy atom. The number of likely N-dealkylation sites (N-methyl/N-ethyl adjacent to an activating group) is 1. The van der Waals surface area contributed by atoms with Crippen LogP contribution in [0.15, 0.2) is 57.7 Å². The number of carbonyl (C=O) groups excluding carboxylic acids is 1. The number of rotatable bonds is 7. The summed E-state index contributed by atoms with van der Waals surface area (Å²) < 4.78 is 19.7. The van der Waals surface area contributed by atoms with Crippen molar-refractivity contribution in [2.75, 3.05) is 20.6 Å². The van der Waals surface area contributed by atoms with Gasteiger partial charge in [-0.05, 0) is 43.9 Å². The van der Waals surface area contributed by atoms with E-state index in [0.717, 1.165) is 5.56 Å². The van der Waals surface area contributed by atoms with E-state index in [-0.39, 0.29) is 30.7 Å². The lowest BCUT2D eigenvalue weighted by Gasteiger charge is -2.25. The van der Waals surface area contributed by atoms with Crippen LogP contribution in [0.4, 0.5) is 4.39 Å². The molecule has 1 unspecified atom stereocenters. The fourth-order valence-electron chi connectivity index (χ4n) is 3.02. The van der Waals surface area contributed by atoms with Gasteiger partial charge >= 0.3 is 5.76 Å². The highest BCUT2D eigenvalue weighted by Crippen LogP contribution is 2.18. The normalized spacial score (nSPS) is 12.4. The zero-order valence-electron chi connectivity index (χ0n) is 15.3. The molecule has 0 saturated heterocycles. The van der Waals surface area contributed by atoms with Gasteiger partial charge in [-0.3, -0.25) is 9.36 Å². The number of halogens is 1. The van der Waals surface area contributed by atoms with Crippen molar-refractivity contribution in [3.8, 4) is 0 Å². The molecule has 142 valence electrons. The number of nitrogens with one attached hydrogen (secondary N) is 1. The topological polar surface area (TPSA) is 67.5 Å². The molecule has 3 aromatic rings. The van der Waals surface area contributed by atoms with Gasteiger partial charge in [0.2, 0.25) is 5.91 Å². The van der Waals surface area contributed by atoms with Crippen LogP contribution in [0.2, 0.25) is 0 Å². The number of benzene rings is 2. The second kappa shape index (κ2) is 8.18. The minimum absolute atomic E-state index is 0.0768. The molecule has 1 heterocycles. The van der Waals surface area contributed by atoms with E-state index in [1.165, 1.54) is 16.7 Å². The average molecular weight is 371 g/mol. The number of amides is 1. The molecule has 0 aliphatic rings. The van der Waals surface area contributed by atoms with Gasteiger partial charge in [0.15, 0.2) is 5.58 Å². The van der Waals surface area contributed by atoms with Gasteiger partial charge < -0.3 is 14.6 Å². The highest BCUT2D eigenvalue weighted by Gasteiger charge is 2.16. The quantitative estimate of drug-likeness (QED) is 0.693. The lowest BCUT2D eigenvalue weighted by Crippen LogP contribution is -2.35. The molecule has 7 heteroatoms. The summed E-state index contributed by atoms with van der Waals surface area (Å²) >= 11 is 0. The second-order valence-corrected chi connectivity index (χ2v) is 6.57. The first-order valence-corrected chi connectivity index (χ1v) is 8.72. The molecule has 0 fully saturated rings. The summed E-state index contributed by atoms with van der Waals surface area (Å²) in [6.07, 6.45) is 0.160. The molecule has 2 aromatic carbocycles. The lowest BCUT2D eigenvalue weighted by atomic mass is 10.1. The van der Waals surface area contributed by atoms with Crippen LogP contribution in [-0.4, -0.2) is 36.0 Å². The third-order valence-electron chi connectivity index (χ3n) is 4.51. The van der Waals surface area contributed by atoms with Crippen molar-refractivity contribution in [1.82, 2.24) is 14.8 Å². The SMILES string of the molecule is CN(C)C(CNC(=O)CCn1c(=O)oc2ccccc21)c1ccc(F)cc1. The molecule has 0 aliphatic heterocycles. The number of aromatic nitrogens is 1. The third-order valence-corrected chi connectivity index (χ3v) is 4.51. The standard InChI is InChI=1S/C20H22FN3O3/c1-23(2)17(14-7-9-15(21)10-8-14)13-22-19(25)11-12-24-16-5-3-4-6-18(16)27-20(24)26/h3-10,17H,11-13H2,1-2H3,(H,22,25). The van der Waals surface area contributed by atoms with E-state index in [0.29, 0.717) is 17.6 Å². The van der Waals surface area contributed by atoms with Gasteiger partial charge in [0, 0.05) is 19.5 Å². The number of carbonyl (C=O) groups is 1. The minimum atomic E-state index is -0.471. The smallest absolute Gasteiger partial charge is 0.408 e. The molecule has 0 radical (unpaired) electrons. The first-order chi connectivity index (χ1) is 13.0. The number of para-hydroxylation sites is 2. The first kappa shape index (κ1) is 18.8. The van der Waals surface area contributed by atoms with Crippen LogP contribution < -0.4 is 11.1 Å². The van der Waals surface area contributed by atoms with E-state index in [1.54, 1.807) is 30.3 Å². The number of oxazole rings is 1. The Morgan fingerprint density at radius 2 is 1.89 bits per heavy atom. The summed E-state index contributed by atoms with van der Waals surface area (Å²) in [7, 11) is 3.80. The Bertz CT molecular complexity index is 976. The van der Waals surface area contributed by atoms with E-state index < -0.39 is 5.76 Å². The molecule has 0 spiro atoms. The summed E-state index contributed by atoms with van der Waals surface area (Å²) in [5, 5.41) is 2.89. The molecule has 1 atom stereocenters. The summed E-state index contributed by atoms with van der Waals surface area (Å²) in [5.41, 5.74) is 2.10. The van der Waals surface area contributed by atoms with Gasteiger partial charge in [0.1, 0.15) is 5.82 Å². The number of hydrogen-bond donors (Lipinski definition) is 1. The maximum atomic E-state index is 13.1. The molecule has 0 saturated carbocycles. The monoisotopic (exact) mass is 371 g/mol. The predicted molar refractivity (Wildman–Crippen MR) is 101 cm³/mol. The highest BCUT2D eigenvalue weighted by molar-refractivity contribution is 5.76. The van der Waals surface area contributed by atoms with Crippen LogP contribution in [0.5, 0.6) is 0 Å². The Labute approximate surface area is 156 Å². The molecule has 1 N–H and O–H groups in total. The molecular weight excluding hydrogens is 349 g/mol. The molecule has 0 bridgehead atoms. The maximum absolute atomic E-state index is 13.1. The summed E-state index contributed by atoms with van der Waals surface area (Å²) in [6, 6.07) is 13.3. The number of aryl methyl sites for hydroxylation is 1. The van der Waals surface area contributed by atoms with Crippen LogP contribution >= 0.6 is 0 Å². The van der Waals surface area contributed by atoms with Crippen LogP contribution in [0.25, 0.3) is 11.1 Å². The fraction of sp³-hybridized carbons (Fsp3) is 0.300. The highest BCUT2D eigenvalue weighted by atomic mass is 19.1. The molecule has 3 rings (SSSR count). The first-order valence-electron chi connectivity index (χ1n) is 8.72. The van der Waals surface area contributed by atoms with Gasteiger partial charge in [-0.1, -0.05) is 24.3 Å². The van der Waals surface area contributed by atoms with Crippen molar-refractivity contribution in [2.24, 2.45) is 0 Å². The molecule has 1 amide bonds. The summed E-state index contributed by atoms with van der Waals surface area (Å²) in [5.74, 6) is -0.930. The van der Waals surface area contributed by atoms with Crippen molar-refractivity contribution in [3.05, 3.63) is 70.5 Å². The van der Waals surface area contributed by atoms with E-state index in [9.17, 15) is 14.0 Å². The van der Waals surface area contributed by atoms with Gasteiger partial charge in [-0.15, -0.1) is 0 Å². The fourth-order valence-corrected chi connectivity index (χ4v) is 3.02. The zero-order chi connectivity index (χ0) is 19.4. The molecule has 0 aliphatic carbocycles. The second-order valence-electron chi connectivity index (χ2n) is 6.57. The molecular formula is C20H22FN3O3. The minimum Gasteiger partial charge on any atom is -0.408 e. The number of fused-ring (bicyclic) bond motifs is 1. The Hall–Kier alpha value is -2.93. The summed E-state index contributed by atoms with van der Waals surface area (Å²) in [6.45, 7) is 0.628. The van der Waals surface area contributed by atoms with Crippen LogP contribution in [0, 0.1) is 5.82 Å². The van der Waals surface area contributed by atoms with E-state index in [2.05, 4.69) is 5.32 Å². The average Bonchev–Trinajstić information content (AvgIpc) is 2.96. The van der Waals surface area contributed by atoms with Gasteiger partial charge in [0.05, 0.1) is 11.6 Å². The Balaban J connectivity index is 1.60. The van der Waals surface area contributed by atoms with Crippen LogP contribution in [0.1, 0.15) is 18.0 Å². The molecule has 27 heavy (non-hydrogen) atoms. The van der Waals surface area contributed by atoms with E-state index in [4.69, 9.17) is 4.42 Å². The van der Waals surface area contributed by atoms with Crippen LogP contribution in [-0.2, 0) is 11.3 Å². The van der Waals surface area contributed by atoms with E-state index in [1.807, 2.05) is 25.1 Å². The molecule has 6 nitrogen and oxygen atoms in total. The lowest BCUT2D eigenvalue weighted by molar-refractivity contribution is -0.121. The number of hydrogen-bond acceptors (Lipinski definition) is 4. The van der Waals surface area contributed by atoms with Crippen molar-refractivity contribution >= 4 is 17.0 Å². The third kappa shape index (κ3) is 4.43. The summed E-state index contributed by atoms with van der Waals surface area (Å²) in [4.78, 5) is 26.2. The van der Waals surface area contributed by atoms with Crippen molar-refractivity contribution < 1.29 is 13.6 Å². The zero-order valence-corrected chi connectivity index (χ0v) is 15.3. The predicted octanol–water partition coefficient (Wildman–Crippen LogP) is 2.54. The maximum Gasteiger partial charge on any atom is 0.419 e. The van der Waals surface area contributed by atoms with Crippen molar-refractivity contribution in [1.29, 1.82) is 0 Å². The van der Waals surface area contributed by atoms with Gasteiger partial charge in [0.25, 0.3) is 0 Å². The van der Waals surface area contributed by atoms with Crippen molar-refractivity contribution in [3.63, 3.8) is 0 Å².